The number of carbonyl (C=O) groups is 1. The molecule has 0 unspecified atom stereocenters. The van der Waals surface area contributed by atoms with Crippen molar-refractivity contribution in [3.8, 4) is 0 Å². The van der Waals surface area contributed by atoms with Gasteiger partial charge in [-0.3, -0.25) is 4.79 Å². The smallest absolute Gasteiger partial charge is 0.248 e. The van der Waals surface area contributed by atoms with Crippen LogP contribution in [0.2, 0.25) is 5.02 Å². The molecular weight excluding hydrogens is 460 g/mol. The predicted octanol–water partition coefficient (Wildman–Crippen LogP) is 4.71. The Hall–Kier alpha value is -1.61. The van der Waals surface area contributed by atoms with Crippen molar-refractivity contribution in [3.05, 3.63) is 57.9 Å². The van der Waals surface area contributed by atoms with E-state index < -0.39 is 9.84 Å². The van der Waals surface area contributed by atoms with Gasteiger partial charge in [0.05, 0.1) is 20.9 Å². The molecule has 0 bridgehead atoms. The summed E-state index contributed by atoms with van der Waals surface area (Å²) in [5.74, 6) is 0.501. The highest BCUT2D eigenvalue weighted by Crippen LogP contribution is 2.22. The highest BCUT2D eigenvalue weighted by Gasteiger charge is 2.15. The molecule has 0 radical (unpaired) electrons. The van der Waals surface area contributed by atoms with E-state index in [0.717, 1.165) is 28.1 Å². The lowest BCUT2D eigenvalue weighted by Crippen LogP contribution is -2.18. The number of aromatic nitrogens is 1. The zero-order valence-corrected chi connectivity index (χ0v) is 20.0. The van der Waals surface area contributed by atoms with Crippen LogP contribution in [0.5, 0.6) is 0 Å². The molecule has 0 N–H and O–H groups in total. The van der Waals surface area contributed by atoms with Gasteiger partial charge in [0, 0.05) is 23.7 Å². The van der Waals surface area contributed by atoms with E-state index in [1.165, 1.54) is 11.3 Å². The molecule has 0 spiro atoms. The lowest BCUT2D eigenvalue weighted by Gasteiger charge is -2.05. The maximum absolute atomic E-state index is 12.4. The zero-order valence-electron chi connectivity index (χ0n) is 16.8. The molecule has 0 fully saturated rings. The molecule has 0 aliphatic rings. The fourth-order valence-corrected chi connectivity index (χ4v) is 6.00. The van der Waals surface area contributed by atoms with E-state index in [9.17, 15) is 13.2 Å². The van der Waals surface area contributed by atoms with Crippen LogP contribution in [-0.4, -0.2) is 36.7 Å². The van der Waals surface area contributed by atoms with Gasteiger partial charge in [0.2, 0.25) is 5.91 Å². The summed E-state index contributed by atoms with van der Waals surface area (Å²) in [4.78, 5) is 17.6. The van der Waals surface area contributed by atoms with Gasteiger partial charge in [-0.05, 0) is 49.9 Å². The van der Waals surface area contributed by atoms with Gasteiger partial charge in [0.25, 0.3) is 0 Å². The van der Waals surface area contributed by atoms with E-state index in [1.807, 2.05) is 35.9 Å². The van der Waals surface area contributed by atoms with Crippen LogP contribution in [0.1, 0.15) is 18.4 Å². The minimum Gasteiger partial charge on any atom is -0.316 e. The predicted molar refractivity (Wildman–Crippen MR) is 126 cm³/mol. The number of hydrogen-bond acceptors (Lipinski definition) is 5. The quantitative estimate of drug-likeness (QED) is 0.466. The molecule has 0 saturated carbocycles. The van der Waals surface area contributed by atoms with E-state index in [0.29, 0.717) is 9.82 Å². The third-order valence-electron chi connectivity index (χ3n) is 4.57. The second-order valence-corrected chi connectivity index (χ2v) is 11.4. The molecular formula is C21H23ClN2O3S3. The standard InChI is InChI=1S/C21H23ClN2O3S3/c1-15-5-8-17(9-6-15)30(26,27)13-3-4-20(25)23-21-24(11-12-28-2)18-10-7-16(22)14-19(18)29-21/h5-10,14H,3-4,11-13H2,1-2H3. The van der Waals surface area contributed by atoms with Crippen molar-refractivity contribution in [2.75, 3.05) is 17.8 Å². The van der Waals surface area contributed by atoms with Crippen molar-refractivity contribution in [2.24, 2.45) is 4.99 Å². The van der Waals surface area contributed by atoms with Gasteiger partial charge in [-0.25, -0.2) is 8.42 Å². The van der Waals surface area contributed by atoms with Crippen molar-refractivity contribution in [2.45, 2.75) is 31.2 Å². The van der Waals surface area contributed by atoms with Gasteiger partial charge < -0.3 is 4.57 Å². The van der Waals surface area contributed by atoms with Crippen LogP contribution in [0.3, 0.4) is 0 Å². The van der Waals surface area contributed by atoms with E-state index in [2.05, 4.69) is 4.99 Å². The molecule has 3 aromatic rings. The first-order valence-corrected chi connectivity index (χ1v) is 13.7. The lowest BCUT2D eigenvalue weighted by molar-refractivity contribution is -0.118. The van der Waals surface area contributed by atoms with Crippen LogP contribution in [-0.2, 0) is 21.2 Å². The minimum atomic E-state index is -3.40. The van der Waals surface area contributed by atoms with Crippen LogP contribution < -0.4 is 4.80 Å². The lowest BCUT2D eigenvalue weighted by atomic mass is 10.2. The first-order chi connectivity index (χ1) is 14.3. The molecule has 0 aliphatic carbocycles. The van der Waals surface area contributed by atoms with E-state index in [4.69, 9.17) is 11.6 Å². The Bertz CT molecular complexity index is 1210. The molecule has 0 atom stereocenters. The van der Waals surface area contributed by atoms with Gasteiger partial charge >= 0.3 is 0 Å². The number of thioether (sulfide) groups is 1. The highest BCUT2D eigenvalue weighted by atomic mass is 35.5. The summed E-state index contributed by atoms with van der Waals surface area (Å²) in [7, 11) is -3.40. The number of nitrogens with zero attached hydrogens (tertiary/aromatic N) is 2. The summed E-state index contributed by atoms with van der Waals surface area (Å²) in [6.45, 7) is 2.64. The Morgan fingerprint density at radius 3 is 2.63 bits per heavy atom. The fraction of sp³-hybridized carbons (Fsp3) is 0.333. The molecule has 1 heterocycles. The number of aryl methyl sites for hydroxylation is 2. The first-order valence-electron chi connectivity index (χ1n) is 9.45. The molecule has 1 amide bonds. The highest BCUT2D eigenvalue weighted by molar-refractivity contribution is 7.98. The largest absolute Gasteiger partial charge is 0.316 e. The Balaban J connectivity index is 1.74. The summed E-state index contributed by atoms with van der Waals surface area (Å²) >= 11 is 9.24. The van der Waals surface area contributed by atoms with Gasteiger partial charge in [0.15, 0.2) is 14.6 Å². The maximum Gasteiger partial charge on any atom is 0.248 e. The number of hydrogen-bond donors (Lipinski definition) is 0. The molecule has 30 heavy (non-hydrogen) atoms. The van der Waals surface area contributed by atoms with Crippen LogP contribution in [0.15, 0.2) is 52.4 Å². The monoisotopic (exact) mass is 482 g/mol. The molecule has 160 valence electrons. The fourth-order valence-electron chi connectivity index (χ4n) is 2.97. The maximum atomic E-state index is 12.4. The van der Waals surface area contributed by atoms with Gasteiger partial charge in [-0.2, -0.15) is 16.8 Å². The SMILES string of the molecule is CSCCn1c(=NC(=O)CCCS(=O)(=O)c2ccc(C)cc2)sc2cc(Cl)ccc21. The number of carbonyl (C=O) groups excluding carboxylic acids is 1. The van der Waals surface area contributed by atoms with Gasteiger partial charge in [-0.1, -0.05) is 40.6 Å². The molecule has 9 heteroatoms. The number of sulfone groups is 1. The van der Waals surface area contributed by atoms with Crippen molar-refractivity contribution in [1.29, 1.82) is 0 Å². The zero-order chi connectivity index (χ0) is 21.7. The Morgan fingerprint density at radius 1 is 1.20 bits per heavy atom. The third kappa shape index (κ3) is 5.75. The van der Waals surface area contributed by atoms with E-state index >= 15 is 0 Å². The van der Waals surface area contributed by atoms with Crippen LogP contribution in [0, 0.1) is 6.92 Å². The van der Waals surface area contributed by atoms with Crippen molar-refractivity contribution in [3.63, 3.8) is 0 Å². The molecule has 0 aliphatic heterocycles. The number of rotatable bonds is 8. The second kappa shape index (κ2) is 10.1. The van der Waals surface area contributed by atoms with Crippen molar-refractivity contribution in [1.82, 2.24) is 4.57 Å². The van der Waals surface area contributed by atoms with Crippen LogP contribution in [0.25, 0.3) is 10.2 Å². The Morgan fingerprint density at radius 2 is 1.93 bits per heavy atom. The molecule has 0 saturated heterocycles. The molecule has 5 nitrogen and oxygen atoms in total. The summed E-state index contributed by atoms with van der Waals surface area (Å²) in [5.41, 5.74) is 1.99. The molecule has 3 rings (SSSR count). The average molecular weight is 483 g/mol. The van der Waals surface area contributed by atoms with Crippen LogP contribution >= 0.6 is 34.7 Å². The van der Waals surface area contributed by atoms with Gasteiger partial charge in [0.1, 0.15) is 0 Å². The second-order valence-electron chi connectivity index (χ2n) is 6.88. The summed E-state index contributed by atoms with van der Waals surface area (Å²) in [6.07, 6.45) is 2.35. The van der Waals surface area contributed by atoms with Crippen LogP contribution in [0.4, 0.5) is 0 Å². The number of benzene rings is 2. The summed E-state index contributed by atoms with van der Waals surface area (Å²) < 4.78 is 27.9. The molecule has 1 aromatic heterocycles. The summed E-state index contributed by atoms with van der Waals surface area (Å²) in [6, 6.07) is 12.4. The van der Waals surface area contributed by atoms with E-state index in [-0.39, 0.29) is 29.4 Å². The topological polar surface area (TPSA) is 68.5 Å². The average Bonchev–Trinajstić information content (AvgIpc) is 3.02. The third-order valence-corrected chi connectivity index (χ3v) is 8.25. The first kappa shape index (κ1) is 23.1. The van der Waals surface area contributed by atoms with E-state index in [1.54, 1.807) is 36.0 Å². The number of fused-ring (bicyclic) bond motifs is 1. The number of thiazole rings is 1. The number of halogens is 1. The normalized spacial score (nSPS) is 12.6. The minimum absolute atomic E-state index is 0.0776. The Labute approximate surface area is 189 Å². The summed E-state index contributed by atoms with van der Waals surface area (Å²) in [5, 5.41) is 0.639. The molecule has 2 aromatic carbocycles. The number of amides is 1. The van der Waals surface area contributed by atoms with Crippen molar-refractivity contribution >= 4 is 60.7 Å². The van der Waals surface area contributed by atoms with Gasteiger partial charge in [-0.15, -0.1) is 0 Å². The van der Waals surface area contributed by atoms with Crippen molar-refractivity contribution < 1.29 is 13.2 Å². The Kier molecular flexibility index (Phi) is 7.79.